The minimum Gasteiger partial charge on any atom is -0.373 e. The maximum atomic E-state index is 11.1. The molecule has 2 heterocycles. The van der Waals surface area contributed by atoms with Gasteiger partial charge in [0, 0.05) is 43.0 Å². The molecule has 0 amide bonds. The van der Waals surface area contributed by atoms with Gasteiger partial charge in [0.2, 0.25) is 0 Å². The van der Waals surface area contributed by atoms with Crippen molar-refractivity contribution in [2.75, 3.05) is 31.1 Å². The van der Waals surface area contributed by atoms with E-state index in [2.05, 4.69) is 9.88 Å². The van der Waals surface area contributed by atoms with Crippen molar-refractivity contribution in [2.24, 2.45) is 5.73 Å². The number of nitro benzene ring substituents is 1. The number of rotatable bonds is 3. The lowest BCUT2D eigenvalue weighted by Gasteiger charge is -2.34. The Kier molecular flexibility index (Phi) is 3.68. The van der Waals surface area contributed by atoms with Crippen LogP contribution in [0.3, 0.4) is 0 Å². The number of nitrogens with two attached hydrogens (primary N) is 1. The van der Waals surface area contributed by atoms with Gasteiger partial charge in [-0.1, -0.05) is 12.1 Å². The second kappa shape index (κ2) is 5.63. The Labute approximate surface area is 121 Å². The summed E-state index contributed by atoms with van der Waals surface area (Å²) in [6, 6.07) is 6.90. The summed E-state index contributed by atoms with van der Waals surface area (Å²) in [6.07, 6.45) is 1.60. The first-order valence-corrected chi connectivity index (χ1v) is 6.79. The van der Waals surface area contributed by atoms with Crippen molar-refractivity contribution < 1.29 is 9.66 Å². The first kappa shape index (κ1) is 13.7. The minimum absolute atomic E-state index is 0.0133. The molecule has 21 heavy (non-hydrogen) atoms. The van der Waals surface area contributed by atoms with Gasteiger partial charge < -0.3 is 15.4 Å². The van der Waals surface area contributed by atoms with Crippen LogP contribution in [0.1, 0.15) is 0 Å². The first-order valence-electron chi connectivity index (χ1n) is 6.79. The van der Waals surface area contributed by atoms with Gasteiger partial charge in [0.05, 0.1) is 17.6 Å². The number of nitro groups is 1. The molecule has 1 fully saturated rings. The number of anilines is 1. The number of morpholine rings is 1. The largest absolute Gasteiger partial charge is 0.373 e. The van der Waals surface area contributed by atoms with E-state index in [1.807, 2.05) is 12.1 Å². The zero-order valence-electron chi connectivity index (χ0n) is 11.4. The summed E-state index contributed by atoms with van der Waals surface area (Å²) in [5.41, 5.74) is 7.04. The number of non-ortho nitro benzene ring substituents is 1. The van der Waals surface area contributed by atoms with Gasteiger partial charge in [-0.2, -0.15) is 0 Å². The Balaban J connectivity index is 2.07. The zero-order valence-corrected chi connectivity index (χ0v) is 11.4. The summed E-state index contributed by atoms with van der Waals surface area (Å²) < 4.78 is 5.56. The van der Waals surface area contributed by atoms with Crippen molar-refractivity contribution in [3.63, 3.8) is 0 Å². The van der Waals surface area contributed by atoms with Crippen molar-refractivity contribution in [3.05, 3.63) is 40.6 Å². The van der Waals surface area contributed by atoms with E-state index in [0.29, 0.717) is 25.2 Å². The van der Waals surface area contributed by atoms with Crippen LogP contribution in [0, 0.1) is 10.1 Å². The molecule has 1 atom stereocenters. The molecule has 0 saturated carbocycles. The minimum atomic E-state index is -0.402. The molecule has 1 aliphatic rings. The van der Waals surface area contributed by atoms with Gasteiger partial charge in [0.15, 0.2) is 0 Å². The summed E-state index contributed by atoms with van der Waals surface area (Å²) in [5, 5.41) is 11.9. The summed E-state index contributed by atoms with van der Waals surface area (Å²) >= 11 is 0. The smallest absolute Gasteiger partial charge is 0.295 e. The van der Waals surface area contributed by atoms with Crippen molar-refractivity contribution in [1.82, 2.24) is 4.98 Å². The fraction of sp³-hybridized carbons (Fsp3) is 0.357. The summed E-state index contributed by atoms with van der Waals surface area (Å²) in [7, 11) is 0. The van der Waals surface area contributed by atoms with Gasteiger partial charge in [-0.05, 0) is 6.07 Å². The van der Waals surface area contributed by atoms with Gasteiger partial charge in [-0.15, -0.1) is 0 Å². The summed E-state index contributed by atoms with van der Waals surface area (Å²) in [6.45, 7) is 2.47. The van der Waals surface area contributed by atoms with E-state index >= 15 is 0 Å². The SMILES string of the molecule is NCC1CN(c2ccnc3c([N+](=O)[O-])cccc23)CCO1. The molecular weight excluding hydrogens is 272 g/mol. The lowest BCUT2D eigenvalue weighted by atomic mass is 10.1. The lowest BCUT2D eigenvalue weighted by Crippen LogP contribution is -2.45. The molecule has 1 aromatic carbocycles. The molecule has 1 saturated heterocycles. The monoisotopic (exact) mass is 288 g/mol. The van der Waals surface area contributed by atoms with Crippen LogP contribution in [-0.2, 0) is 4.74 Å². The standard InChI is InChI=1S/C14H16N4O3/c15-8-10-9-17(6-7-21-10)12-4-5-16-14-11(12)2-1-3-13(14)18(19)20/h1-5,10H,6-9,15H2. The molecule has 0 spiro atoms. The van der Waals surface area contributed by atoms with Gasteiger partial charge in [0.25, 0.3) is 5.69 Å². The maximum Gasteiger partial charge on any atom is 0.295 e. The number of fused-ring (bicyclic) bond motifs is 1. The molecule has 0 aliphatic carbocycles. The third-order valence-corrected chi connectivity index (χ3v) is 3.67. The lowest BCUT2D eigenvalue weighted by molar-refractivity contribution is -0.383. The van der Waals surface area contributed by atoms with E-state index in [0.717, 1.165) is 17.6 Å². The second-order valence-corrected chi connectivity index (χ2v) is 4.94. The average Bonchev–Trinajstić information content (AvgIpc) is 2.53. The first-order chi connectivity index (χ1) is 10.2. The van der Waals surface area contributed by atoms with Gasteiger partial charge in [-0.25, -0.2) is 4.98 Å². The quantitative estimate of drug-likeness (QED) is 0.676. The van der Waals surface area contributed by atoms with E-state index in [4.69, 9.17) is 10.5 Å². The molecule has 3 rings (SSSR count). The van der Waals surface area contributed by atoms with E-state index in [1.54, 1.807) is 12.3 Å². The van der Waals surface area contributed by atoms with Crippen LogP contribution in [0.2, 0.25) is 0 Å². The number of para-hydroxylation sites is 1. The molecule has 110 valence electrons. The van der Waals surface area contributed by atoms with Crippen molar-refractivity contribution in [2.45, 2.75) is 6.10 Å². The van der Waals surface area contributed by atoms with E-state index in [1.165, 1.54) is 6.07 Å². The number of hydrogen-bond donors (Lipinski definition) is 1. The summed E-state index contributed by atoms with van der Waals surface area (Å²) in [4.78, 5) is 17.0. The molecule has 2 N–H and O–H groups in total. The van der Waals surface area contributed by atoms with Crippen LogP contribution in [0.15, 0.2) is 30.5 Å². The Bertz CT molecular complexity index is 676. The molecule has 0 radical (unpaired) electrons. The van der Waals surface area contributed by atoms with Crippen LogP contribution in [0.25, 0.3) is 10.9 Å². The topological polar surface area (TPSA) is 94.5 Å². The number of ether oxygens (including phenoxy) is 1. The van der Waals surface area contributed by atoms with Gasteiger partial charge in [0.1, 0.15) is 5.52 Å². The summed E-state index contributed by atoms with van der Waals surface area (Å²) in [5.74, 6) is 0. The van der Waals surface area contributed by atoms with E-state index in [9.17, 15) is 10.1 Å². The molecular formula is C14H16N4O3. The normalized spacial score (nSPS) is 18.9. The molecule has 7 heteroatoms. The average molecular weight is 288 g/mol. The Morgan fingerprint density at radius 2 is 2.33 bits per heavy atom. The fourth-order valence-electron chi connectivity index (χ4n) is 2.65. The molecule has 1 aliphatic heterocycles. The van der Waals surface area contributed by atoms with Crippen LogP contribution in [-0.4, -0.2) is 42.3 Å². The predicted molar refractivity (Wildman–Crippen MR) is 79.4 cm³/mol. The Morgan fingerprint density at radius 1 is 1.48 bits per heavy atom. The van der Waals surface area contributed by atoms with Crippen molar-refractivity contribution >= 4 is 22.3 Å². The van der Waals surface area contributed by atoms with Crippen LogP contribution >= 0.6 is 0 Å². The van der Waals surface area contributed by atoms with Crippen molar-refractivity contribution in [3.8, 4) is 0 Å². The molecule has 1 aromatic heterocycles. The highest BCUT2D eigenvalue weighted by Gasteiger charge is 2.22. The van der Waals surface area contributed by atoms with Gasteiger partial charge in [-0.3, -0.25) is 10.1 Å². The van der Waals surface area contributed by atoms with Gasteiger partial charge >= 0.3 is 0 Å². The zero-order chi connectivity index (χ0) is 14.8. The van der Waals surface area contributed by atoms with E-state index < -0.39 is 4.92 Å². The van der Waals surface area contributed by atoms with Crippen LogP contribution in [0.4, 0.5) is 11.4 Å². The number of benzene rings is 1. The van der Waals surface area contributed by atoms with E-state index in [-0.39, 0.29) is 11.8 Å². The molecule has 0 bridgehead atoms. The number of aromatic nitrogens is 1. The third kappa shape index (κ3) is 2.53. The van der Waals surface area contributed by atoms with Crippen LogP contribution < -0.4 is 10.6 Å². The molecule has 1 unspecified atom stereocenters. The second-order valence-electron chi connectivity index (χ2n) is 4.94. The molecule has 7 nitrogen and oxygen atoms in total. The number of hydrogen-bond acceptors (Lipinski definition) is 6. The van der Waals surface area contributed by atoms with Crippen molar-refractivity contribution in [1.29, 1.82) is 0 Å². The highest BCUT2D eigenvalue weighted by molar-refractivity contribution is 5.96. The van der Waals surface area contributed by atoms with Crippen LogP contribution in [0.5, 0.6) is 0 Å². The highest BCUT2D eigenvalue weighted by Crippen LogP contribution is 2.31. The fourth-order valence-corrected chi connectivity index (χ4v) is 2.65. The Hall–Kier alpha value is -2.25. The third-order valence-electron chi connectivity index (χ3n) is 3.67. The number of pyridine rings is 1. The maximum absolute atomic E-state index is 11.1. The Morgan fingerprint density at radius 3 is 3.10 bits per heavy atom. The number of nitrogens with zero attached hydrogens (tertiary/aromatic N) is 3. The highest BCUT2D eigenvalue weighted by atomic mass is 16.6. The molecule has 2 aromatic rings. The predicted octanol–water partition coefficient (Wildman–Crippen LogP) is 1.31.